The summed E-state index contributed by atoms with van der Waals surface area (Å²) in [5, 5.41) is 8.24. The second-order valence-corrected chi connectivity index (χ2v) is 7.81. The number of fused-ring (bicyclic) bond motifs is 1. The van der Waals surface area contributed by atoms with Crippen molar-refractivity contribution in [2.75, 3.05) is 17.3 Å². The predicted molar refractivity (Wildman–Crippen MR) is 81.4 cm³/mol. The normalized spacial score (nSPS) is 13.6. The third-order valence-corrected chi connectivity index (χ3v) is 4.42. The topological polar surface area (TPSA) is 89.8 Å². The molecule has 2 rings (SSSR count). The van der Waals surface area contributed by atoms with E-state index < -0.39 is 9.84 Å². The Labute approximate surface area is 125 Å². The van der Waals surface area contributed by atoms with E-state index in [1.807, 2.05) is 6.92 Å². The third-order valence-electron chi connectivity index (χ3n) is 2.88. The lowest BCUT2D eigenvalue weighted by Crippen LogP contribution is -2.20. The maximum Gasteiger partial charge on any atom is 0.164 e. The van der Waals surface area contributed by atoms with Crippen LogP contribution in [0.25, 0.3) is 11.0 Å². The molecule has 0 radical (unpaired) electrons. The van der Waals surface area contributed by atoms with Gasteiger partial charge in [-0.3, -0.25) is 0 Å². The Kier molecular flexibility index (Phi) is 4.28. The van der Waals surface area contributed by atoms with E-state index >= 15 is 0 Å². The van der Waals surface area contributed by atoms with E-state index in [1.165, 1.54) is 12.6 Å². The van der Waals surface area contributed by atoms with Crippen LogP contribution in [0.2, 0.25) is 0 Å². The van der Waals surface area contributed by atoms with Crippen molar-refractivity contribution in [2.45, 2.75) is 19.4 Å². The van der Waals surface area contributed by atoms with Crippen molar-refractivity contribution in [3.05, 3.63) is 10.9 Å². The first-order valence-corrected chi connectivity index (χ1v) is 8.91. The molecule has 2 aromatic heterocycles. The van der Waals surface area contributed by atoms with Gasteiger partial charge in [-0.25, -0.2) is 23.1 Å². The lowest BCUT2D eigenvalue weighted by atomic mass is 10.2. The van der Waals surface area contributed by atoms with Crippen LogP contribution in [0.3, 0.4) is 0 Å². The van der Waals surface area contributed by atoms with E-state index in [9.17, 15) is 8.42 Å². The number of hydrogen-bond acceptors (Lipinski definition) is 6. The Balaban J connectivity index is 2.21. The van der Waals surface area contributed by atoms with E-state index in [2.05, 4.69) is 36.3 Å². The first-order chi connectivity index (χ1) is 9.28. The average Bonchev–Trinajstić information content (AvgIpc) is 2.63. The zero-order valence-electron chi connectivity index (χ0n) is 11.5. The molecule has 110 valence electrons. The van der Waals surface area contributed by atoms with Gasteiger partial charge in [0.15, 0.2) is 5.65 Å². The van der Waals surface area contributed by atoms with Crippen LogP contribution in [-0.2, 0) is 16.9 Å². The summed E-state index contributed by atoms with van der Waals surface area (Å²) < 4.78 is 24.7. The van der Waals surface area contributed by atoms with E-state index in [-0.39, 0.29) is 11.8 Å². The Hall–Kier alpha value is -1.22. The van der Waals surface area contributed by atoms with Gasteiger partial charge in [0, 0.05) is 19.3 Å². The first kappa shape index (κ1) is 15.2. The highest BCUT2D eigenvalue weighted by molar-refractivity contribution is 9.10. The summed E-state index contributed by atoms with van der Waals surface area (Å²) in [5.74, 6) is 0.792. The fourth-order valence-electron chi connectivity index (χ4n) is 1.85. The Morgan fingerprint density at radius 2 is 2.15 bits per heavy atom. The highest BCUT2D eigenvalue weighted by atomic mass is 79.9. The number of anilines is 1. The van der Waals surface area contributed by atoms with Gasteiger partial charge in [0.2, 0.25) is 0 Å². The average molecular weight is 362 g/mol. The summed E-state index contributed by atoms with van der Waals surface area (Å²) in [4.78, 5) is 8.39. The van der Waals surface area contributed by atoms with Gasteiger partial charge < -0.3 is 5.32 Å². The van der Waals surface area contributed by atoms with E-state index in [0.717, 1.165) is 5.39 Å². The number of aryl methyl sites for hydroxylation is 1. The fourth-order valence-corrected chi connectivity index (χ4v) is 3.23. The van der Waals surface area contributed by atoms with Gasteiger partial charge in [-0.05, 0) is 29.3 Å². The van der Waals surface area contributed by atoms with Crippen LogP contribution >= 0.6 is 15.9 Å². The molecule has 20 heavy (non-hydrogen) atoms. The van der Waals surface area contributed by atoms with Crippen molar-refractivity contribution in [3.8, 4) is 0 Å². The van der Waals surface area contributed by atoms with Crippen LogP contribution in [-0.4, -0.2) is 46.2 Å². The second-order valence-electron chi connectivity index (χ2n) is 4.80. The molecule has 2 aromatic rings. The number of rotatable bonds is 5. The Morgan fingerprint density at radius 1 is 1.45 bits per heavy atom. The summed E-state index contributed by atoms with van der Waals surface area (Å²) in [6, 6.07) is -0.0186. The van der Waals surface area contributed by atoms with Crippen molar-refractivity contribution in [3.63, 3.8) is 0 Å². The number of nitrogens with zero attached hydrogens (tertiary/aromatic N) is 4. The number of halogens is 1. The Morgan fingerprint density at radius 3 is 2.80 bits per heavy atom. The molecule has 0 aliphatic carbocycles. The van der Waals surface area contributed by atoms with Gasteiger partial charge >= 0.3 is 0 Å². The molecule has 0 spiro atoms. The lowest BCUT2D eigenvalue weighted by Gasteiger charge is -2.14. The van der Waals surface area contributed by atoms with E-state index in [0.29, 0.717) is 22.5 Å². The van der Waals surface area contributed by atoms with Crippen LogP contribution < -0.4 is 5.32 Å². The summed E-state index contributed by atoms with van der Waals surface area (Å²) in [6.45, 7) is 1.92. The van der Waals surface area contributed by atoms with Crippen molar-refractivity contribution < 1.29 is 8.42 Å². The molecule has 0 aliphatic heterocycles. The molecule has 1 unspecified atom stereocenters. The van der Waals surface area contributed by atoms with E-state index in [4.69, 9.17) is 0 Å². The van der Waals surface area contributed by atoms with Gasteiger partial charge in [0.1, 0.15) is 26.6 Å². The molecule has 1 atom stereocenters. The van der Waals surface area contributed by atoms with Gasteiger partial charge in [-0.2, -0.15) is 5.10 Å². The maximum atomic E-state index is 11.2. The molecule has 9 heteroatoms. The minimum atomic E-state index is -2.96. The highest BCUT2D eigenvalue weighted by Gasteiger charge is 2.15. The predicted octanol–water partition coefficient (Wildman–Crippen LogP) is 1.36. The number of aromatic nitrogens is 4. The minimum absolute atomic E-state index is 0.0186. The summed E-state index contributed by atoms with van der Waals surface area (Å²) in [7, 11) is -1.15. The molecule has 0 aliphatic rings. The Bertz CT molecular complexity index is 728. The maximum absolute atomic E-state index is 11.2. The monoisotopic (exact) mass is 361 g/mol. The SMILES string of the molecule is CC(CCS(C)(=O)=O)Nc1ncnc2c1c(Br)nn2C. The number of sulfone groups is 1. The second kappa shape index (κ2) is 5.65. The van der Waals surface area contributed by atoms with Gasteiger partial charge in [-0.15, -0.1) is 0 Å². The van der Waals surface area contributed by atoms with Gasteiger partial charge in [0.25, 0.3) is 0 Å². The molecule has 7 nitrogen and oxygen atoms in total. The summed E-state index contributed by atoms with van der Waals surface area (Å²) in [6.07, 6.45) is 3.21. The standard InChI is InChI=1S/C11H16BrN5O2S/c1-7(4-5-20(3,18)19)15-10-8-9(12)16-17(2)11(8)14-6-13-10/h6-7H,4-5H2,1-3H3,(H,13,14,15). The van der Waals surface area contributed by atoms with Crippen molar-refractivity contribution in [2.24, 2.45) is 7.05 Å². The zero-order valence-corrected chi connectivity index (χ0v) is 13.9. The van der Waals surface area contributed by atoms with Gasteiger partial charge in [-0.1, -0.05) is 0 Å². The molecular formula is C11H16BrN5O2S. The van der Waals surface area contributed by atoms with Gasteiger partial charge in [0.05, 0.1) is 11.1 Å². The largest absolute Gasteiger partial charge is 0.367 e. The quantitative estimate of drug-likeness (QED) is 0.864. The van der Waals surface area contributed by atoms with Crippen LogP contribution in [0.15, 0.2) is 10.9 Å². The zero-order chi connectivity index (χ0) is 14.9. The molecule has 0 bridgehead atoms. The molecule has 2 heterocycles. The minimum Gasteiger partial charge on any atom is -0.367 e. The highest BCUT2D eigenvalue weighted by Crippen LogP contribution is 2.27. The first-order valence-electron chi connectivity index (χ1n) is 6.05. The summed E-state index contributed by atoms with van der Waals surface area (Å²) in [5.41, 5.74) is 0.713. The molecule has 0 aromatic carbocycles. The molecule has 0 fully saturated rings. The smallest absolute Gasteiger partial charge is 0.164 e. The molecule has 0 saturated heterocycles. The third kappa shape index (κ3) is 3.45. The summed E-state index contributed by atoms with van der Waals surface area (Å²) >= 11 is 3.38. The van der Waals surface area contributed by atoms with Crippen LogP contribution in [0.1, 0.15) is 13.3 Å². The number of nitrogens with one attached hydrogen (secondary N) is 1. The van der Waals surface area contributed by atoms with Crippen molar-refractivity contribution in [1.82, 2.24) is 19.7 Å². The van der Waals surface area contributed by atoms with Crippen molar-refractivity contribution in [1.29, 1.82) is 0 Å². The molecule has 0 saturated carbocycles. The number of hydrogen-bond donors (Lipinski definition) is 1. The molecule has 1 N–H and O–H groups in total. The van der Waals surface area contributed by atoms with E-state index in [1.54, 1.807) is 11.7 Å². The lowest BCUT2D eigenvalue weighted by molar-refractivity contribution is 0.595. The van der Waals surface area contributed by atoms with Crippen molar-refractivity contribution >= 4 is 42.6 Å². The fraction of sp³-hybridized carbons (Fsp3) is 0.545. The van der Waals surface area contributed by atoms with Crippen LogP contribution in [0, 0.1) is 0 Å². The van der Waals surface area contributed by atoms with Crippen LogP contribution in [0.4, 0.5) is 5.82 Å². The molecular weight excluding hydrogens is 346 g/mol. The molecule has 0 amide bonds. The van der Waals surface area contributed by atoms with Crippen LogP contribution in [0.5, 0.6) is 0 Å².